The maximum Gasteiger partial charge on any atom is 0.387 e. The number of nitrogens with zero attached hydrogens (tertiary/aromatic N) is 4. The average molecular weight is 379 g/mol. The minimum absolute atomic E-state index is 0.00304. The number of fused-ring (bicyclic) bond motifs is 1. The summed E-state index contributed by atoms with van der Waals surface area (Å²) in [6, 6.07) is 8.61. The fraction of sp³-hybridized carbons (Fsp3) is 0.312. The summed E-state index contributed by atoms with van der Waals surface area (Å²) in [6.45, 7) is -2.96. The first-order valence-corrected chi connectivity index (χ1v) is 8.75. The van der Waals surface area contributed by atoms with Gasteiger partial charge in [0.1, 0.15) is 0 Å². The van der Waals surface area contributed by atoms with Crippen LogP contribution >= 0.6 is 11.3 Å². The number of aromatic nitrogens is 4. The van der Waals surface area contributed by atoms with Gasteiger partial charge in [-0.25, -0.2) is 4.68 Å². The number of hydrogen-bond acceptors (Lipinski definition) is 7. The van der Waals surface area contributed by atoms with Crippen molar-refractivity contribution in [2.75, 3.05) is 12.4 Å². The summed E-state index contributed by atoms with van der Waals surface area (Å²) < 4.78 is 37.5. The van der Waals surface area contributed by atoms with Crippen LogP contribution in [0, 0.1) is 0 Å². The summed E-state index contributed by atoms with van der Waals surface area (Å²) in [5.74, 6) is 0.720. The van der Waals surface area contributed by atoms with Crippen LogP contribution in [0.5, 0.6) is 11.5 Å². The molecule has 0 radical (unpaired) electrons. The monoisotopic (exact) mass is 379 g/mol. The topological polar surface area (TPSA) is 74.1 Å². The summed E-state index contributed by atoms with van der Waals surface area (Å²) in [6.07, 6.45) is 0.575. The first kappa shape index (κ1) is 16.7. The molecule has 0 fully saturated rings. The van der Waals surface area contributed by atoms with E-state index in [0.29, 0.717) is 17.9 Å². The van der Waals surface area contributed by atoms with Crippen LogP contribution in [-0.4, -0.2) is 33.9 Å². The van der Waals surface area contributed by atoms with Crippen LogP contribution in [0.25, 0.3) is 0 Å². The van der Waals surface area contributed by atoms with E-state index in [0.717, 1.165) is 4.88 Å². The molecule has 1 aliphatic heterocycles. The largest absolute Gasteiger partial charge is 0.493 e. The third-order valence-electron chi connectivity index (χ3n) is 4.23. The molecule has 1 aliphatic rings. The summed E-state index contributed by atoms with van der Waals surface area (Å²) in [5, 5.41) is 17.0. The van der Waals surface area contributed by atoms with E-state index in [-0.39, 0.29) is 23.6 Å². The second-order valence-electron chi connectivity index (χ2n) is 5.67. The second kappa shape index (κ2) is 6.87. The molecule has 0 amide bonds. The molecular weight excluding hydrogens is 364 g/mol. The smallest absolute Gasteiger partial charge is 0.387 e. The maximum atomic E-state index is 13.0. The maximum absolute atomic E-state index is 13.0. The van der Waals surface area contributed by atoms with Crippen molar-refractivity contribution < 1.29 is 18.3 Å². The van der Waals surface area contributed by atoms with Gasteiger partial charge in [0, 0.05) is 10.4 Å². The molecule has 10 heteroatoms. The molecule has 1 aromatic carbocycles. The number of methoxy groups -OCH3 is 1. The van der Waals surface area contributed by atoms with E-state index in [9.17, 15) is 8.78 Å². The number of para-hydroxylation sites is 1. The van der Waals surface area contributed by atoms with E-state index < -0.39 is 6.61 Å². The molecule has 2 aromatic heterocycles. The Bertz CT molecular complexity index is 887. The third kappa shape index (κ3) is 2.96. The Morgan fingerprint density at radius 1 is 1.31 bits per heavy atom. The highest BCUT2D eigenvalue weighted by Gasteiger charge is 2.34. The molecule has 4 rings (SSSR count). The molecular formula is C16H15F2N5O2S. The van der Waals surface area contributed by atoms with Crippen molar-refractivity contribution in [3.05, 3.63) is 46.2 Å². The van der Waals surface area contributed by atoms with Crippen LogP contribution in [0.3, 0.4) is 0 Å². The SMILES string of the molecule is COc1cccc([C@H]2C[C@@H](c3cccs3)Nc3nnnn32)c1OC(F)F. The minimum Gasteiger partial charge on any atom is -0.493 e. The normalized spacial score (nSPS) is 19.1. The van der Waals surface area contributed by atoms with Gasteiger partial charge in [-0.05, 0) is 34.4 Å². The van der Waals surface area contributed by atoms with Crippen molar-refractivity contribution in [1.82, 2.24) is 20.2 Å². The number of tetrazole rings is 1. The van der Waals surface area contributed by atoms with Gasteiger partial charge in [0.05, 0.1) is 19.2 Å². The van der Waals surface area contributed by atoms with Crippen molar-refractivity contribution in [3.8, 4) is 11.5 Å². The fourth-order valence-corrected chi connectivity index (χ4v) is 3.93. The molecule has 0 aliphatic carbocycles. The Labute approximate surface area is 151 Å². The number of anilines is 1. The lowest BCUT2D eigenvalue weighted by molar-refractivity contribution is -0.0521. The Kier molecular flexibility index (Phi) is 4.41. The molecule has 136 valence electrons. The van der Waals surface area contributed by atoms with Crippen LogP contribution in [0.2, 0.25) is 0 Å². The summed E-state index contributed by atoms with van der Waals surface area (Å²) in [4.78, 5) is 1.11. The zero-order valence-corrected chi connectivity index (χ0v) is 14.5. The van der Waals surface area contributed by atoms with Crippen LogP contribution < -0.4 is 14.8 Å². The van der Waals surface area contributed by atoms with Crippen molar-refractivity contribution in [2.24, 2.45) is 0 Å². The number of halogens is 2. The first-order chi connectivity index (χ1) is 12.7. The van der Waals surface area contributed by atoms with Gasteiger partial charge in [0.25, 0.3) is 0 Å². The highest BCUT2D eigenvalue weighted by molar-refractivity contribution is 7.10. The molecule has 3 heterocycles. The number of rotatable bonds is 5. The standard InChI is InChI=1S/C16H15F2N5O2S/c1-24-12-5-2-4-9(14(12)25-15(17)18)11-8-10(13-6-3-7-26-13)19-16-20-21-22-23(11)16/h2-7,10-11,15H,8H2,1H3,(H,19,20,22)/t10-,11+/m0/s1. The zero-order chi connectivity index (χ0) is 18.1. The van der Waals surface area contributed by atoms with Crippen LogP contribution in [0.1, 0.15) is 28.9 Å². The van der Waals surface area contributed by atoms with E-state index in [4.69, 9.17) is 9.47 Å². The van der Waals surface area contributed by atoms with Gasteiger partial charge in [-0.3, -0.25) is 0 Å². The summed E-state index contributed by atoms with van der Waals surface area (Å²) in [5.41, 5.74) is 0.543. The number of benzene rings is 1. The molecule has 7 nitrogen and oxygen atoms in total. The lowest BCUT2D eigenvalue weighted by atomic mass is 9.96. The molecule has 3 aromatic rings. The van der Waals surface area contributed by atoms with Crippen LogP contribution in [0.4, 0.5) is 14.7 Å². The van der Waals surface area contributed by atoms with E-state index in [2.05, 4.69) is 20.8 Å². The first-order valence-electron chi connectivity index (χ1n) is 7.87. The van der Waals surface area contributed by atoms with Crippen molar-refractivity contribution in [3.63, 3.8) is 0 Å². The number of nitrogens with one attached hydrogen (secondary N) is 1. The predicted octanol–water partition coefficient (Wildman–Crippen LogP) is 3.49. The van der Waals surface area contributed by atoms with Crippen molar-refractivity contribution >= 4 is 17.3 Å². The minimum atomic E-state index is -2.96. The van der Waals surface area contributed by atoms with Gasteiger partial charge in [-0.15, -0.1) is 11.3 Å². The molecule has 0 saturated heterocycles. The van der Waals surface area contributed by atoms with Gasteiger partial charge in [-0.1, -0.05) is 23.3 Å². The summed E-state index contributed by atoms with van der Waals surface area (Å²) in [7, 11) is 1.41. The van der Waals surface area contributed by atoms with Crippen molar-refractivity contribution in [2.45, 2.75) is 25.1 Å². The van der Waals surface area contributed by atoms with Gasteiger partial charge >= 0.3 is 6.61 Å². The number of ether oxygens (including phenoxy) is 2. The van der Waals surface area contributed by atoms with Crippen LogP contribution in [-0.2, 0) is 0 Å². The molecule has 26 heavy (non-hydrogen) atoms. The lowest BCUT2D eigenvalue weighted by Gasteiger charge is -2.31. The molecule has 0 unspecified atom stereocenters. The van der Waals surface area contributed by atoms with Crippen LogP contribution in [0.15, 0.2) is 35.7 Å². The van der Waals surface area contributed by atoms with Gasteiger partial charge in [-0.2, -0.15) is 8.78 Å². The molecule has 0 saturated carbocycles. The van der Waals surface area contributed by atoms with E-state index in [1.165, 1.54) is 7.11 Å². The molecule has 0 spiro atoms. The Morgan fingerprint density at radius 3 is 2.92 bits per heavy atom. The molecule has 2 atom stereocenters. The highest BCUT2D eigenvalue weighted by Crippen LogP contribution is 2.44. The second-order valence-corrected chi connectivity index (χ2v) is 6.65. The molecule has 0 bridgehead atoms. The Morgan fingerprint density at radius 2 is 2.19 bits per heavy atom. The predicted molar refractivity (Wildman–Crippen MR) is 90.9 cm³/mol. The van der Waals surface area contributed by atoms with Gasteiger partial charge in [0.15, 0.2) is 11.5 Å². The highest BCUT2D eigenvalue weighted by atomic mass is 32.1. The lowest BCUT2D eigenvalue weighted by Crippen LogP contribution is -2.28. The quantitative estimate of drug-likeness (QED) is 0.732. The van der Waals surface area contributed by atoms with E-state index in [1.807, 2.05) is 17.5 Å². The van der Waals surface area contributed by atoms with Crippen molar-refractivity contribution in [1.29, 1.82) is 0 Å². The zero-order valence-electron chi connectivity index (χ0n) is 13.7. The summed E-state index contributed by atoms with van der Waals surface area (Å²) >= 11 is 1.61. The number of alkyl halides is 2. The van der Waals surface area contributed by atoms with Gasteiger partial charge in [0.2, 0.25) is 5.95 Å². The van der Waals surface area contributed by atoms with Gasteiger partial charge < -0.3 is 14.8 Å². The molecule has 1 N–H and O–H groups in total. The fourth-order valence-electron chi connectivity index (χ4n) is 3.14. The Balaban J connectivity index is 1.79. The number of thiophene rings is 1. The number of hydrogen-bond donors (Lipinski definition) is 1. The Hall–Kier alpha value is -2.75. The van der Waals surface area contributed by atoms with E-state index >= 15 is 0 Å². The average Bonchev–Trinajstić information content (AvgIpc) is 3.32. The van der Waals surface area contributed by atoms with E-state index in [1.54, 1.807) is 34.2 Å². The third-order valence-corrected chi connectivity index (χ3v) is 5.22.